The molecule has 26 heavy (non-hydrogen) atoms. The molecule has 0 unspecified atom stereocenters. The predicted molar refractivity (Wildman–Crippen MR) is 104 cm³/mol. The van der Waals surface area contributed by atoms with Crippen LogP contribution < -0.4 is 0 Å². The molecule has 7 heteroatoms. The van der Waals surface area contributed by atoms with Gasteiger partial charge in [0.2, 0.25) is 0 Å². The normalized spacial score (nSPS) is 29.2. The van der Waals surface area contributed by atoms with Gasteiger partial charge in [-0.1, -0.05) is 51.9 Å². The van der Waals surface area contributed by atoms with Gasteiger partial charge in [0.25, 0.3) is 0 Å². The van der Waals surface area contributed by atoms with E-state index in [1.165, 1.54) is 57.1 Å². The molecule has 0 bridgehead atoms. The molecule has 156 valence electrons. The van der Waals surface area contributed by atoms with Crippen LogP contribution in [0.15, 0.2) is 0 Å². The summed E-state index contributed by atoms with van der Waals surface area (Å²) >= 11 is 1.94. The Labute approximate surface area is 162 Å². The summed E-state index contributed by atoms with van der Waals surface area (Å²) < 4.78 is 10.5. The summed E-state index contributed by atoms with van der Waals surface area (Å²) in [4.78, 5) is 0. The van der Waals surface area contributed by atoms with Crippen molar-refractivity contribution in [2.45, 2.75) is 95.4 Å². The third-order valence-corrected chi connectivity index (χ3v) is 5.84. The average molecular weight is 395 g/mol. The van der Waals surface area contributed by atoms with Crippen molar-refractivity contribution in [3.8, 4) is 0 Å². The monoisotopic (exact) mass is 394 g/mol. The highest BCUT2D eigenvalue weighted by atomic mass is 32.2. The maximum absolute atomic E-state index is 9.80. The summed E-state index contributed by atoms with van der Waals surface area (Å²) in [6.45, 7) is 2.88. The van der Waals surface area contributed by atoms with Gasteiger partial charge in [-0.25, -0.2) is 0 Å². The molecule has 0 aromatic rings. The fraction of sp³-hybridized carbons (Fsp3) is 1.00. The number of unbranched alkanes of at least 4 members (excludes halogenated alkanes) is 7. The third kappa shape index (κ3) is 9.88. The van der Waals surface area contributed by atoms with Crippen LogP contribution in [-0.4, -0.2) is 75.9 Å². The summed E-state index contributed by atoms with van der Waals surface area (Å²) in [5.41, 5.74) is 0. The van der Waals surface area contributed by atoms with Crippen molar-refractivity contribution in [2.24, 2.45) is 0 Å². The first-order chi connectivity index (χ1) is 12.6. The van der Waals surface area contributed by atoms with Gasteiger partial charge in [-0.15, -0.1) is 0 Å². The second kappa shape index (κ2) is 15.1. The van der Waals surface area contributed by atoms with E-state index in [2.05, 4.69) is 6.92 Å². The molecule has 1 saturated heterocycles. The van der Waals surface area contributed by atoms with Crippen LogP contribution in [0.2, 0.25) is 0 Å². The Morgan fingerprint density at radius 3 is 2.08 bits per heavy atom. The van der Waals surface area contributed by atoms with E-state index in [4.69, 9.17) is 9.47 Å². The molecule has 0 amide bonds. The number of aliphatic hydroxyl groups is 4. The van der Waals surface area contributed by atoms with Crippen LogP contribution in [-0.2, 0) is 9.47 Å². The number of ether oxygens (including phenoxy) is 2. The molecule has 0 aliphatic carbocycles. The Balaban J connectivity index is 1.88. The van der Waals surface area contributed by atoms with Gasteiger partial charge in [-0.2, -0.15) is 11.8 Å². The lowest BCUT2D eigenvalue weighted by Gasteiger charge is -2.38. The van der Waals surface area contributed by atoms with E-state index in [1.807, 2.05) is 11.8 Å². The van der Waals surface area contributed by atoms with Gasteiger partial charge in [-0.05, 0) is 24.3 Å². The lowest BCUT2D eigenvalue weighted by Crippen LogP contribution is -2.58. The minimum atomic E-state index is -1.50. The molecule has 0 saturated carbocycles. The van der Waals surface area contributed by atoms with Crippen LogP contribution in [0, 0.1) is 0 Å². The molecule has 0 radical (unpaired) electrons. The summed E-state index contributed by atoms with van der Waals surface area (Å²) in [5.74, 6) is 2.23. The van der Waals surface area contributed by atoms with Crippen molar-refractivity contribution in [3.63, 3.8) is 0 Å². The summed E-state index contributed by atoms with van der Waals surface area (Å²) in [5, 5.41) is 38.3. The van der Waals surface area contributed by atoms with Gasteiger partial charge in [0.05, 0.1) is 6.61 Å². The van der Waals surface area contributed by atoms with Gasteiger partial charge in [0.15, 0.2) is 6.29 Å². The maximum atomic E-state index is 9.80. The van der Waals surface area contributed by atoms with E-state index in [-0.39, 0.29) is 6.61 Å². The maximum Gasteiger partial charge on any atom is 0.184 e. The lowest BCUT2D eigenvalue weighted by molar-refractivity contribution is -0.288. The minimum absolute atomic E-state index is 0.0880. The standard InChI is InChI=1S/C19H38O6S/c1-2-3-4-5-6-7-8-9-12-26-13-10-11-24-14-15-16(20)17(21)18(22)19(23)25-15/h15-23H,2-14H2,1H3/t15-,16+,17+,18-,19+/m1/s1. The first-order valence-electron chi connectivity index (χ1n) is 10.1. The minimum Gasteiger partial charge on any atom is -0.387 e. The van der Waals surface area contributed by atoms with Gasteiger partial charge in [0.1, 0.15) is 24.4 Å². The molecule has 1 fully saturated rings. The average Bonchev–Trinajstić information content (AvgIpc) is 2.64. The largest absolute Gasteiger partial charge is 0.387 e. The van der Waals surface area contributed by atoms with Crippen LogP contribution in [0.1, 0.15) is 64.7 Å². The highest BCUT2D eigenvalue weighted by Gasteiger charge is 2.42. The Kier molecular flexibility index (Phi) is 14.0. The molecule has 6 nitrogen and oxygen atoms in total. The van der Waals surface area contributed by atoms with Crippen molar-refractivity contribution in [1.29, 1.82) is 0 Å². The molecule has 1 aliphatic heterocycles. The number of hydrogen-bond donors (Lipinski definition) is 4. The van der Waals surface area contributed by atoms with Gasteiger partial charge < -0.3 is 29.9 Å². The van der Waals surface area contributed by atoms with Gasteiger partial charge in [-0.3, -0.25) is 0 Å². The van der Waals surface area contributed by atoms with E-state index in [1.54, 1.807) is 0 Å². The van der Waals surface area contributed by atoms with E-state index in [0.717, 1.165) is 12.2 Å². The zero-order valence-corrected chi connectivity index (χ0v) is 16.9. The molecular weight excluding hydrogens is 356 g/mol. The van der Waals surface area contributed by atoms with E-state index < -0.39 is 30.7 Å². The van der Waals surface area contributed by atoms with Crippen molar-refractivity contribution in [1.82, 2.24) is 0 Å². The highest BCUT2D eigenvalue weighted by molar-refractivity contribution is 7.99. The molecular formula is C19H38O6S. The van der Waals surface area contributed by atoms with Crippen molar-refractivity contribution in [2.75, 3.05) is 24.7 Å². The zero-order valence-electron chi connectivity index (χ0n) is 16.1. The molecule has 0 aromatic carbocycles. The van der Waals surface area contributed by atoms with Gasteiger partial charge in [0, 0.05) is 6.61 Å². The molecule has 0 aromatic heterocycles. The second-order valence-corrected chi connectivity index (χ2v) is 8.28. The number of hydrogen-bond acceptors (Lipinski definition) is 7. The topological polar surface area (TPSA) is 99.4 Å². The summed E-state index contributed by atoms with van der Waals surface area (Å²) in [6, 6.07) is 0. The Morgan fingerprint density at radius 2 is 1.38 bits per heavy atom. The van der Waals surface area contributed by atoms with E-state index >= 15 is 0 Å². The smallest absolute Gasteiger partial charge is 0.184 e. The number of thioether (sulfide) groups is 1. The molecule has 4 N–H and O–H groups in total. The number of aliphatic hydroxyl groups excluding tert-OH is 4. The fourth-order valence-electron chi connectivity index (χ4n) is 2.97. The Bertz CT molecular complexity index is 333. The molecule has 5 atom stereocenters. The molecule has 1 rings (SSSR count). The van der Waals surface area contributed by atoms with Crippen LogP contribution >= 0.6 is 11.8 Å². The fourth-order valence-corrected chi connectivity index (χ4v) is 3.91. The molecule has 1 heterocycles. The molecule has 0 spiro atoms. The predicted octanol–water partition coefficient (Wildman–Crippen LogP) is 2.07. The highest BCUT2D eigenvalue weighted by Crippen LogP contribution is 2.20. The van der Waals surface area contributed by atoms with Crippen LogP contribution in [0.3, 0.4) is 0 Å². The Hall–Kier alpha value is 0.110. The molecule has 1 aliphatic rings. The van der Waals surface area contributed by atoms with Crippen molar-refractivity contribution < 1.29 is 29.9 Å². The summed E-state index contributed by atoms with van der Waals surface area (Å²) in [7, 11) is 0. The SMILES string of the molecule is CCCCCCCCCCSCCCOC[C@H]1O[C@H](O)[C@H](O)[C@@H](O)[C@H]1O. The van der Waals surface area contributed by atoms with Crippen LogP contribution in [0.5, 0.6) is 0 Å². The van der Waals surface area contributed by atoms with Crippen LogP contribution in [0.4, 0.5) is 0 Å². The zero-order chi connectivity index (χ0) is 19.2. The summed E-state index contributed by atoms with van der Waals surface area (Å²) in [6.07, 6.45) is 5.18. The first kappa shape index (κ1) is 24.1. The first-order valence-corrected chi connectivity index (χ1v) is 11.3. The van der Waals surface area contributed by atoms with Crippen molar-refractivity contribution >= 4 is 11.8 Å². The van der Waals surface area contributed by atoms with Crippen LogP contribution in [0.25, 0.3) is 0 Å². The second-order valence-electron chi connectivity index (χ2n) is 7.05. The quantitative estimate of drug-likeness (QED) is 0.316. The van der Waals surface area contributed by atoms with Gasteiger partial charge >= 0.3 is 0 Å². The lowest BCUT2D eigenvalue weighted by atomic mass is 9.99. The van der Waals surface area contributed by atoms with E-state index in [0.29, 0.717) is 6.61 Å². The third-order valence-electron chi connectivity index (χ3n) is 4.69. The number of rotatable bonds is 15. The van der Waals surface area contributed by atoms with E-state index in [9.17, 15) is 20.4 Å². The Morgan fingerprint density at radius 1 is 0.769 bits per heavy atom. The van der Waals surface area contributed by atoms with Crippen molar-refractivity contribution in [3.05, 3.63) is 0 Å².